The molecule has 2 aliphatic rings. The summed E-state index contributed by atoms with van der Waals surface area (Å²) in [4.78, 5) is 0. The highest BCUT2D eigenvalue weighted by molar-refractivity contribution is 7.79. The predicted molar refractivity (Wildman–Crippen MR) is 79.0 cm³/mol. The molecule has 0 radical (unpaired) electrons. The van der Waals surface area contributed by atoms with E-state index in [9.17, 15) is 0 Å². The molecule has 18 heavy (non-hydrogen) atoms. The zero-order chi connectivity index (χ0) is 12.4. The molecule has 0 amide bonds. The van der Waals surface area contributed by atoms with Gasteiger partial charge in [-0.3, -0.25) is 0 Å². The van der Waals surface area contributed by atoms with Gasteiger partial charge < -0.3 is 0 Å². The lowest BCUT2D eigenvalue weighted by Crippen LogP contribution is -2.09. The summed E-state index contributed by atoms with van der Waals surface area (Å²) in [5.74, 6) is 0.789. The van der Waals surface area contributed by atoms with Crippen molar-refractivity contribution in [1.29, 1.82) is 0 Å². The first kappa shape index (κ1) is 10.8. The van der Waals surface area contributed by atoms with Gasteiger partial charge in [-0.1, -0.05) is 82.4 Å². The van der Waals surface area contributed by atoms with Crippen molar-refractivity contribution >= 4 is 13.2 Å². The predicted octanol–water partition coefficient (Wildman–Crippen LogP) is 4.12. The van der Waals surface area contributed by atoms with Crippen LogP contribution in [0.15, 0.2) is 60.7 Å². The van der Waals surface area contributed by atoms with Crippen LogP contribution in [0, 0.1) is 0 Å². The minimum Gasteiger partial charge on any atom is -0.0622 e. The van der Waals surface area contributed by atoms with E-state index < -0.39 is 0 Å². The molecule has 2 unspecified atom stereocenters. The Bertz CT molecular complexity index is 524. The van der Waals surface area contributed by atoms with E-state index in [2.05, 4.69) is 74.5 Å². The van der Waals surface area contributed by atoms with Gasteiger partial charge in [-0.05, 0) is 10.9 Å². The van der Waals surface area contributed by atoms with Gasteiger partial charge in [0.25, 0.3) is 0 Å². The van der Waals surface area contributed by atoms with Crippen LogP contribution in [0.4, 0.5) is 0 Å². The normalized spacial score (nSPS) is 40.1. The van der Waals surface area contributed by atoms with Gasteiger partial charge in [0, 0.05) is 16.2 Å². The molecule has 0 aromatic heterocycles. The molecular weight excluding hydrogens is 235 g/mol. The van der Waals surface area contributed by atoms with Crippen LogP contribution in [0.1, 0.15) is 25.3 Å². The largest absolute Gasteiger partial charge is 0.0622 e. The Morgan fingerprint density at radius 1 is 0.778 bits per heavy atom. The monoisotopic (exact) mass is 252 g/mol. The fraction of sp³-hybridized carbons (Fsp3) is 0.294. The zero-order valence-corrected chi connectivity index (χ0v) is 11.7. The number of benzene rings is 2. The molecule has 1 aliphatic carbocycles. The van der Waals surface area contributed by atoms with Crippen molar-refractivity contribution in [3.05, 3.63) is 66.2 Å². The maximum Gasteiger partial charge on any atom is 0.0103 e. The highest BCUT2D eigenvalue weighted by Gasteiger charge is 2.92. The number of hydrogen-bond donors (Lipinski definition) is 0. The van der Waals surface area contributed by atoms with E-state index in [1.54, 1.807) is 5.30 Å². The molecule has 0 spiro atoms. The molecule has 90 valence electrons. The number of rotatable bonds is 2. The van der Waals surface area contributed by atoms with Crippen molar-refractivity contribution < 1.29 is 0 Å². The summed E-state index contributed by atoms with van der Waals surface area (Å²) in [6.07, 6.45) is 0. The molecule has 1 aliphatic heterocycles. The Labute approximate surface area is 110 Å². The molecule has 1 heterocycles. The smallest absolute Gasteiger partial charge is 0.0103 e. The molecule has 0 N–H and O–H groups in total. The molecule has 0 nitrogen and oxygen atoms in total. The summed E-state index contributed by atoms with van der Waals surface area (Å²) in [7, 11) is 0.0634. The van der Waals surface area contributed by atoms with Crippen LogP contribution >= 0.6 is 7.92 Å². The topological polar surface area (TPSA) is 0 Å². The third-order valence-electron chi connectivity index (χ3n) is 5.09. The second kappa shape index (κ2) is 3.25. The van der Waals surface area contributed by atoms with Crippen molar-refractivity contribution in [3.8, 4) is 0 Å². The zero-order valence-electron chi connectivity index (χ0n) is 10.8. The second-order valence-corrected chi connectivity index (χ2v) is 8.85. The molecule has 2 aromatic carbocycles. The van der Waals surface area contributed by atoms with Crippen molar-refractivity contribution in [2.45, 2.75) is 30.1 Å². The van der Waals surface area contributed by atoms with E-state index in [4.69, 9.17) is 0 Å². The minimum absolute atomic E-state index is 0.0634. The summed E-state index contributed by atoms with van der Waals surface area (Å²) in [6, 6.07) is 22.2. The van der Waals surface area contributed by atoms with E-state index in [1.165, 1.54) is 5.56 Å². The summed E-state index contributed by atoms with van der Waals surface area (Å²) >= 11 is 0. The van der Waals surface area contributed by atoms with Gasteiger partial charge in [0.1, 0.15) is 0 Å². The number of fused-ring (bicyclic) bond motifs is 1. The lowest BCUT2D eigenvalue weighted by Gasteiger charge is -2.20. The van der Waals surface area contributed by atoms with Crippen LogP contribution < -0.4 is 5.30 Å². The van der Waals surface area contributed by atoms with Gasteiger partial charge in [-0.15, -0.1) is 0 Å². The van der Waals surface area contributed by atoms with Crippen molar-refractivity contribution in [2.24, 2.45) is 0 Å². The minimum atomic E-state index is 0.0634. The first-order valence-corrected chi connectivity index (χ1v) is 7.95. The van der Waals surface area contributed by atoms with Crippen LogP contribution in [-0.4, -0.2) is 10.3 Å². The SMILES string of the molecule is C[C@@]12C(c3ccccc3)[C@]1(C)P2c1ccccc1. The lowest BCUT2D eigenvalue weighted by molar-refractivity contribution is 0.943. The third-order valence-corrected chi connectivity index (χ3v) is 8.99. The highest BCUT2D eigenvalue weighted by Crippen LogP contribution is 3.03. The Morgan fingerprint density at radius 3 is 1.83 bits per heavy atom. The van der Waals surface area contributed by atoms with E-state index in [0.29, 0.717) is 10.3 Å². The van der Waals surface area contributed by atoms with E-state index in [1.807, 2.05) is 0 Å². The van der Waals surface area contributed by atoms with E-state index >= 15 is 0 Å². The van der Waals surface area contributed by atoms with E-state index in [-0.39, 0.29) is 7.92 Å². The van der Waals surface area contributed by atoms with Gasteiger partial charge in [0.05, 0.1) is 0 Å². The molecule has 2 aromatic rings. The Balaban J connectivity index is 1.66. The fourth-order valence-electron chi connectivity index (χ4n) is 4.02. The Hall–Kier alpha value is -1.13. The van der Waals surface area contributed by atoms with Crippen molar-refractivity contribution in [3.63, 3.8) is 0 Å². The standard InChI is InChI=1S/C17H17P/c1-16-15(13-9-5-3-6-10-13)17(16,2)18(16)14-11-7-4-8-12-14/h3-12,15H,1-2H3/t15?,16-,17+,18?. The average molecular weight is 252 g/mol. The van der Waals surface area contributed by atoms with Crippen molar-refractivity contribution in [1.82, 2.24) is 0 Å². The Morgan fingerprint density at radius 2 is 1.28 bits per heavy atom. The fourth-order valence-corrected chi connectivity index (χ4v) is 8.28. The van der Waals surface area contributed by atoms with Gasteiger partial charge in [-0.25, -0.2) is 0 Å². The van der Waals surface area contributed by atoms with Crippen LogP contribution in [-0.2, 0) is 0 Å². The van der Waals surface area contributed by atoms with Gasteiger partial charge in [0.2, 0.25) is 0 Å². The quantitative estimate of drug-likeness (QED) is 0.705. The maximum absolute atomic E-state index is 2.49. The second-order valence-electron chi connectivity index (χ2n) is 5.81. The first-order chi connectivity index (χ1) is 8.70. The third kappa shape index (κ3) is 1.06. The lowest BCUT2D eigenvalue weighted by atomic mass is 10.1. The van der Waals surface area contributed by atoms with Crippen LogP contribution in [0.2, 0.25) is 0 Å². The molecule has 1 saturated heterocycles. The highest BCUT2D eigenvalue weighted by atomic mass is 31.1. The first-order valence-electron chi connectivity index (χ1n) is 6.61. The van der Waals surface area contributed by atoms with Crippen molar-refractivity contribution in [2.75, 3.05) is 0 Å². The summed E-state index contributed by atoms with van der Waals surface area (Å²) in [5, 5.41) is 2.71. The molecule has 1 saturated carbocycles. The van der Waals surface area contributed by atoms with Crippen LogP contribution in [0.5, 0.6) is 0 Å². The molecule has 4 rings (SSSR count). The van der Waals surface area contributed by atoms with E-state index in [0.717, 1.165) is 5.92 Å². The summed E-state index contributed by atoms with van der Waals surface area (Å²) in [5.41, 5.74) is 1.54. The molecule has 2 fully saturated rings. The van der Waals surface area contributed by atoms with Crippen LogP contribution in [0.3, 0.4) is 0 Å². The molecular formula is C17H17P. The summed E-state index contributed by atoms with van der Waals surface area (Å²) < 4.78 is 0. The Kier molecular flexibility index (Phi) is 1.94. The van der Waals surface area contributed by atoms with Gasteiger partial charge >= 0.3 is 0 Å². The molecule has 4 atom stereocenters. The molecule has 1 heteroatoms. The number of hydrogen-bond acceptors (Lipinski definition) is 0. The van der Waals surface area contributed by atoms with Gasteiger partial charge in [-0.2, -0.15) is 0 Å². The van der Waals surface area contributed by atoms with Crippen LogP contribution in [0.25, 0.3) is 0 Å². The maximum atomic E-state index is 2.49. The summed E-state index contributed by atoms with van der Waals surface area (Å²) in [6.45, 7) is 4.98. The average Bonchev–Trinajstić information content (AvgIpc) is 3.10. The van der Waals surface area contributed by atoms with Gasteiger partial charge in [0.15, 0.2) is 0 Å². The molecule has 0 bridgehead atoms.